The number of benzene rings is 1. The lowest BCUT2D eigenvalue weighted by atomic mass is 10.1. The van der Waals surface area contributed by atoms with Crippen LogP contribution in [-0.2, 0) is 12.8 Å². The first-order chi connectivity index (χ1) is 12.2. The standard InChI is InChI=1S/C20H17N3OS/c21-12-14-8-6-13(7-9-14)10-11-17-22-19(24)18-15-4-2-1-3-5-16(15)25-20(18)23-17/h6-11H,1-5H2,(H,22,23,24). The van der Waals surface area contributed by atoms with Crippen LogP contribution in [0.3, 0.4) is 0 Å². The number of H-pyrrole nitrogens is 1. The molecule has 25 heavy (non-hydrogen) atoms. The van der Waals surface area contributed by atoms with Crippen molar-refractivity contribution < 1.29 is 0 Å². The van der Waals surface area contributed by atoms with Crippen LogP contribution in [0.25, 0.3) is 22.4 Å². The highest BCUT2D eigenvalue weighted by Gasteiger charge is 2.18. The van der Waals surface area contributed by atoms with E-state index in [1.807, 2.05) is 24.3 Å². The smallest absolute Gasteiger partial charge is 0.260 e. The van der Waals surface area contributed by atoms with E-state index in [4.69, 9.17) is 5.26 Å². The van der Waals surface area contributed by atoms with E-state index in [1.165, 1.54) is 23.3 Å². The minimum Gasteiger partial charge on any atom is -0.306 e. The second-order valence-corrected chi connectivity index (χ2v) is 7.35. The molecule has 4 rings (SSSR count). The lowest BCUT2D eigenvalue weighted by Gasteiger charge is -1.99. The van der Waals surface area contributed by atoms with E-state index in [9.17, 15) is 4.79 Å². The molecule has 0 fully saturated rings. The fourth-order valence-electron chi connectivity index (χ4n) is 3.28. The lowest BCUT2D eigenvalue weighted by molar-refractivity contribution is 0.713. The van der Waals surface area contributed by atoms with E-state index in [1.54, 1.807) is 23.5 Å². The SMILES string of the molecule is N#Cc1ccc(C=Cc2nc3sc4c(c3c(=O)[nH]2)CCCCC4)cc1. The van der Waals surface area contributed by atoms with Gasteiger partial charge in [-0.3, -0.25) is 4.79 Å². The number of hydrogen-bond donors (Lipinski definition) is 1. The highest BCUT2D eigenvalue weighted by molar-refractivity contribution is 7.18. The number of aryl methyl sites for hydroxylation is 2. The summed E-state index contributed by atoms with van der Waals surface area (Å²) in [5.41, 5.74) is 2.77. The molecule has 0 aliphatic heterocycles. The minimum atomic E-state index is -0.0381. The molecule has 0 spiro atoms. The zero-order chi connectivity index (χ0) is 17.2. The van der Waals surface area contributed by atoms with E-state index in [-0.39, 0.29) is 5.56 Å². The van der Waals surface area contributed by atoms with E-state index in [2.05, 4.69) is 16.0 Å². The van der Waals surface area contributed by atoms with Crippen molar-refractivity contribution in [2.24, 2.45) is 0 Å². The Kier molecular flexibility index (Phi) is 4.21. The van der Waals surface area contributed by atoms with Crippen LogP contribution >= 0.6 is 11.3 Å². The summed E-state index contributed by atoms with van der Waals surface area (Å²) in [5, 5.41) is 9.63. The minimum absolute atomic E-state index is 0.0381. The van der Waals surface area contributed by atoms with Crippen LogP contribution in [0, 0.1) is 11.3 Å². The fourth-order valence-corrected chi connectivity index (χ4v) is 4.55. The van der Waals surface area contributed by atoms with Crippen LogP contribution in [-0.4, -0.2) is 9.97 Å². The van der Waals surface area contributed by atoms with Crippen LogP contribution in [0.15, 0.2) is 29.1 Å². The molecular formula is C20H17N3OS. The quantitative estimate of drug-likeness (QED) is 0.703. The molecule has 0 unspecified atom stereocenters. The third-order valence-corrected chi connectivity index (χ3v) is 5.75. The Labute approximate surface area is 149 Å². The maximum Gasteiger partial charge on any atom is 0.260 e. The van der Waals surface area contributed by atoms with Crippen LogP contribution < -0.4 is 5.56 Å². The predicted molar refractivity (Wildman–Crippen MR) is 102 cm³/mol. The number of aromatic nitrogens is 2. The summed E-state index contributed by atoms with van der Waals surface area (Å²) in [7, 11) is 0. The van der Waals surface area contributed by atoms with Gasteiger partial charge in [-0.05, 0) is 55.0 Å². The number of nitrogens with zero attached hydrogens (tertiary/aromatic N) is 2. The molecule has 1 aliphatic rings. The van der Waals surface area contributed by atoms with E-state index in [0.717, 1.165) is 35.0 Å². The van der Waals surface area contributed by atoms with Gasteiger partial charge in [-0.15, -0.1) is 11.3 Å². The lowest BCUT2D eigenvalue weighted by Crippen LogP contribution is -2.10. The van der Waals surface area contributed by atoms with Gasteiger partial charge in [0.25, 0.3) is 5.56 Å². The number of aromatic amines is 1. The Bertz CT molecular complexity index is 1050. The third kappa shape index (κ3) is 3.13. The average Bonchev–Trinajstić information content (AvgIpc) is 2.82. The molecule has 1 aliphatic carbocycles. The van der Waals surface area contributed by atoms with Crippen LogP contribution in [0.1, 0.15) is 46.7 Å². The number of thiophene rings is 1. The van der Waals surface area contributed by atoms with Gasteiger partial charge < -0.3 is 4.98 Å². The Morgan fingerprint density at radius 2 is 1.92 bits per heavy atom. The fraction of sp³-hybridized carbons (Fsp3) is 0.250. The summed E-state index contributed by atoms with van der Waals surface area (Å²) in [6.45, 7) is 0. The monoisotopic (exact) mass is 347 g/mol. The Hall–Kier alpha value is -2.71. The van der Waals surface area contributed by atoms with E-state index >= 15 is 0 Å². The van der Waals surface area contributed by atoms with Crippen molar-refractivity contribution in [2.45, 2.75) is 32.1 Å². The normalized spacial score (nSPS) is 14.4. The van der Waals surface area contributed by atoms with Gasteiger partial charge in [0.1, 0.15) is 10.7 Å². The molecule has 0 atom stereocenters. The van der Waals surface area contributed by atoms with Crippen molar-refractivity contribution in [3.63, 3.8) is 0 Å². The van der Waals surface area contributed by atoms with Crippen molar-refractivity contribution in [2.75, 3.05) is 0 Å². The molecular weight excluding hydrogens is 330 g/mol. The third-order valence-electron chi connectivity index (χ3n) is 4.57. The van der Waals surface area contributed by atoms with Crippen molar-refractivity contribution in [1.82, 2.24) is 9.97 Å². The summed E-state index contributed by atoms with van der Waals surface area (Å²) >= 11 is 1.67. The largest absolute Gasteiger partial charge is 0.306 e. The van der Waals surface area contributed by atoms with Crippen molar-refractivity contribution in [3.05, 3.63) is 62.0 Å². The van der Waals surface area contributed by atoms with Gasteiger partial charge in [0, 0.05) is 4.88 Å². The molecule has 2 heterocycles. The molecule has 0 saturated heterocycles. The molecule has 2 aromatic heterocycles. The number of nitrogens with one attached hydrogen (secondary N) is 1. The average molecular weight is 347 g/mol. The molecule has 1 aromatic carbocycles. The van der Waals surface area contributed by atoms with Crippen molar-refractivity contribution in [1.29, 1.82) is 5.26 Å². The van der Waals surface area contributed by atoms with Gasteiger partial charge in [0.15, 0.2) is 0 Å². The number of rotatable bonds is 2. The topological polar surface area (TPSA) is 69.5 Å². The van der Waals surface area contributed by atoms with Gasteiger partial charge >= 0.3 is 0 Å². The molecule has 0 saturated carbocycles. The van der Waals surface area contributed by atoms with Crippen LogP contribution in [0.5, 0.6) is 0 Å². The van der Waals surface area contributed by atoms with E-state index in [0.29, 0.717) is 11.4 Å². The van der Waals surface area contributed by atoms with E-state index < -0.39 is 0 Å². The molecule has 0 bridgehead atoms. The summed E-state index contributed by atoms with van der Waals surface area (Å²) in [5.74, 6) is 0.568. The van der Waals surface area contributed by atoms with Crippen LogP contribution in [0.4, 0.5) is 0 Å². The van der Waals surface area contributed by atoms with Gasteiger partial charge in [-0.25, -0.2) is 4.98 Å². The predicted octanol–water partition coefficient (Wildman–Crippen LogP) is 4.30. The zero-order valence-corrected chi connectivity index (χ0v) is 14.5. The second-order valence-electron chi connectivity index (χ2n) is 6.26. The Morgan fingerprint density at radius 1 is 1.12 bits per heavy atom. The summed E-state index contributed by atoms with van der Waals surface area (Å²) in [4.78, 5) is 22.3. The molecule has 3 aromatic rings. The van der Waals surface area contributed by atoms with Crippen molar-refractivity contribution >= 4 is 33.7 Å². The first kappa shape index (κ1) is 15.8. The maximum atomic E-state index is 12.6. The maximum absolute atomic E-state index is 12.6. The number of fused-ring (bicyclic) bond motifs is 3. The first-order valence-electron chi connectivity index (χ1n) is 8.47. The Morgan fingerprint density at radius 3 is 2.72 bits per heavy atom. The molecule has 1 N–H and O–H groups in total. The van der Waals surface area contributed by atoms with Gasteiger partial charge in [0.05, 0.1) is 17.0 Å². The molecule has 5 heteroatoms. The number of hydrogen-bond acceptors (Lipinski definition) is 4. The van der Waals surface area contributed by atoms with Gasteiger partial charge in [-0.1, -0.05) is 24.6 Å². The molecule has 0 radical (unpaired) electrons. The highest BCUT2D eigenvalue weighted by atomic mass is 32.1. The first-order valence-corrected chi connectivity index (χ1v) is 9.29. The highest BCUT2D eigenvalue weighted by Crippen LogP contribution is 2.32. The van der Waals surface area contributed by atoms with Crippen LogP contribution in [0.2, 0.25) is 0 Å². The molecule has 124 valence electrons. The van der Waals surface area contributed by atoms with Crippen molar-refractivity contribution in [3.8, 4) is 6.07 Å². The summed E-state index contributed by atoms with van der Waals surface area (Å²) < 4.78 is 0. The molecule has 4 nitrogen and oxygen atoms in total. The number of nitriles is 1. The summed E-state index contributed by atoms with van der Waals surface area (Å²) in [6, 6.07) is 9.40. The summed E-state index contributed by atoms with van der Waals surface area (Å²) in [6.07, 6.45) is 9.34. The zero-order valence-electron chi connectivity index (χ0n) is 13.7. The molecule has 0 amide bonds. The van der Waals surface area contributed by atoms with Gasteiger partial charge in [-0.2, -0.15) is 5.26 Å². The van der Waals surface area contributed by atoms with Gasteiger partial charge in [0.2, 0.25) is 0 Å². The second kappa shape index (κ2) is 6.66. The Balaban J connectivity index is 1.70.